The Morgan fingerprint density at radius 2 is 1.91 bits per heavy atom. The van der Waals surface area contributed by atoms with E-state index in [9.17, 15) is 8.42 Å². The molecule has 176 valence electrons. The number of nitrogens with zero attached hydrogens (tertiary/aromatic N) is 2. The fraction of sp³-hybridized carbons (Fsp3) is 0.308. The number of pyridine rings is 1. The highest BCUT2D eigenvalue weighted by Crippen LogP contribution is 2.48. The van der Waals surface area contributed by atoms with Crippen LogP contribution in [0.1, 0.15) is 36.0 Å². The van der Waals surface area contributed by atoms with Gasteiger partial charge in [0, 0.05) is 41.5 Å². The van der Waals surface area contributed by atoms with Crippen molar-refractivity contribution >= 4 is 27.3 Å². The van der Waals surface area contributed by atoms with Gasteiger partial charge in [-0.25, -0.2) is 13.1 Å². The molecule has 1 saturated carbocycles. The minimum absolute atomic E-state index is 0.0856. The van der Waals surface area contributed by atoms with E-state index in [-0.39, 0.29) is 23.5 Å². The van der Waals surface area contributed by atoms with Crippen LogP contribution in [0.3, 0.4) is 0 Å². The zero-order chi connectivity index (χ0) is 23.6. The maximum atomic E-state index is 12.4. The fourth-order valence-corrected chi connectivity index (χ4v) is 5.86. The summed E-state index contributed by atoms with van der Waals surface area (Å²) in [5, 5.41) is 0.735. The molecule has 0 radical (unpaired) electrons. The Hall–Kier alpha value is -2.74. The summed E-state index contributed by atoms with van der Waals surface area (Å²) in [6, 6.07) is 17.4. The number of aromatic nitrogens is 1. The minimum Gasteiger partial charge on any atom is -0.492 e. The van der Waals surface area contributed by atoms with E-state index in [0.717, 1.165) is 42.1 Å². The van der Waals surface area contributed by atoms with Gasteiger partial charge in [0.1, 0.15) is 17.3 Å². The van der Waals surface area contributed by atoms with E-state index in [2.05, 4.69) is 34.0 Å². The molecule has 0 unspecified atom stereocenters. The van der Waals surface area contributed by atoms with Gasteiger partial charge >= 0.3 is 0 Å². The molecular weight excluding hydrogens is 470 g/mol. The molecule has 0 atom stereocenters. The Bertz CT molecular complexity index is 1300. The van der Waals surface area contributed by atoms with Crippen LogP contribution in [0, 0.1) is 0 Å². The summed E-state index contributed by atoms with van der Waals surface area (Å²) in [5.41, 5.74) is 4.71. The first kappa shape index (κ1) is 23.0. The van der Waals surface area contributed by atoms with Crippen molar-refractivity contribution in [3.63, 3.8) is 0 Å². The largest absolute Gasteiger partial charge is 0.492 e. The standard InChI is InChI=1S/C26H26ClN3O3S/c27-21-7-5-20(6-8-21)26(11-2-12-26)25-24-17-22(9-4-19(24)10-14-29-25)33-16-15-30-34(31,32)23-3-1-13-28-18-23/h1,3-9,13,17-18,30H,2,10-12,14-16H2. The van der Waals surface area contributed by atoms with Gasteiger partial charge in [-0.1, -0.05) is 36.2 Å². The zero-order valence-electron chi connectivity index (χ0n) is 18.7. The molecule has 3 aromatic rings. The highest BCUT2D eigenvalue weighted by atomic mass is 35.5. The maximum absolute atomic E-state index is 12.4. The lowest BCUT2D eigenvalue weighted by atomic mass is 9.59. The van der Waals surface area contributed by atoms with Gasteiger partial charge < -0.3 is 4.74 Å². The first-order chi connectivity index (χ1) is 16.5. The molecule has 1 aliphatic heterocycles. The van der Waals surface area contributed by atoms with Gasteiger partial charge in [-0.15, -0.1) is 0 Å². The smallest absolute Gasteiger partial charge is 0.242 e. The van der Waals surface area contributed by atoms with Crippen molar-refractivity contribution in [3.8, 4) is 5.75 Å². The molecule has 6 nitrogen and oxygen atoms in total. The average molecular weight is 496 g/mol. The number of fused-ring (bicyclic) bond motifs is 1. The predicted molar refractivity (Wildman–Crippen MR) is 133 cm³/mol. The third-order valence-corrected chi connectivity index (χ3v) is 8.35. The Morgan fingerprint density at radius 3 is 2.62 bits per heavy atom. The molecule has 1 aliphatic carbocycles. The SMILES string of the molecule is O=S(=O)(NCCOc1ccc2c(c1)C(C1(c3ccc(Cl)cc3)CCC1)=NCC2)c1cccnc1. The first-order valence-electron chi connectivity index (χ1n) is 11.4. The minimum atomic E-state index is -3.61. The predicted octanol–water partition coefficient (Wildman–Crippen LogP) is 4.56. The van der Waals surface area contributed by atoms with Crippen molar-refractivity contribution in [2.24, 2.45) is 4.99 Å². The van der Waals surface area contributed by atoms with Crippen LogP contribution in [0.25, 0.3) is 0 Å². The van der Waals surface area contributed by atoms with E-state index in [4.69, 9.17) is 21.3 Å². The lowest BCUT2D eigenvalue weighted by Gasteiger charge is -2.45. The van der Waals surface area contributed by atoms with Crippen LogP contribution in [0.15, 0.2) is 76.9 Å². The molecule has 2 heterocycles. The maximum Gasteiger partial charge on any atom is 0.242 e. The quantitative estimate of drug-likeness (QED) is 0.464. The summed E-state index contributed by atoms with van der Waals surface area (Å²) >= 11 is 6.14. The van der Waals surface area contributed by atoms with Gasteiger partial charge in [-0.2, -0.15) is 0 Å². The Morgan fingerprint density at radius 1 is 1.09 bits per heavy atom. The van der Waals surface area contributed by atoms with Crippen LogP contribution in [-0.4, -0.2) is 38.8 Å². The van der Waals surface area contributed by atoms with Crippen molar-refractivity contribution in [2.75, 3.05) is 19.7 Å². The van der Waals surface area contributed by atoms with Crippen molar-refractivity contribution in [1.29, 1.82) is 0 Å². The number of nitrogens with one attached hydrogen (secondary N) is 1. The van der Waals surface area contributed by atoms with Crippen LogP contribution in [-0.2, 0) is 21.9 Å². The summed E-state index contributed by atoms with van der Waals surface area (Å²) in [4.78, 5) is 9.00. The van der Waals surface area contributed by atoms with Crippen LogP contribution in [0.2, 0.25) is 5.02 Å². The van der Waals surface area contributed by atoms with Gasteiger partial charge in [-0.3, -0.25) is 9.98 Å². The summed E-state index contributed by atoms with van der Waals surface area (Å²) in [6.07, 6.45) is 7.06. The topological polar surface area (TPSA) is 80.7 Å². The first-order valence-corrected chi connectivity index (χ1v) is 13.3. The Balaban J connectivity index is 1.31. The molecular formula is C26H26ClN3O3S. The van der Waals surface area contributed by atoms with Gasteiger partial charge in [0.2, 0.25) is 10.0 Å². The van der Waals surface area contributed by atoms with E-state index >= 15 is 0 Å². The van der Waals surface area contributed by atoms with E-state index in [0.29, 0.717) is 5.75 Å². The monoisotopic (exact) mass is 495 g/mol. The summed E-state index contributed by atoms with van der Waals surface area (Å²) in [6.45, 7) is 1.16. The number of hydrogen-bond acceptors (Lipinski definition) is 5. The van der Waals surface area contributed by atoms with Gasteiger partial charge in [0.25, 0.3) is 0 Å². The second kappa shape index (κ2) is 9.49. The van der Waals surface area contributed by atoms with Crippen LogP contribution >= 0.6 is 11.6 Å². The Kier molecular flexibility index (Phi) is 6.42. The number of hydrogen-bond donors (Lipinski definition) is 1. The molecule has 0 bridgehead atoms. The number of ether oxygens (including phenoxy) is 1. The molecule has 1 aromatic heterocycles. The molecule has 1 fully saturated rings. The van der Waals surface area contributed by atoms with Crippen molar-refractivity contribution in [3.05, 3.63) is 88.7 Å². The van der Waals surface area contributed by atoms with Crippen LogP contribution in [0.5, 0.6) is 5.75 Å². The van der Waals surface area contributed by atoms with Gasteiger partial charge in [0.05, 0.1) is 5.71 Å². The van der Waals surface area contributed by atoms with E-state index in [1.807, 2.05) is 18.2 Å². The number of sulfonamides is 1. The van der Waals surface area contributed by atoms with E-state index < -0.39 is 10.0 Å². The fourth-order valence-electron chi connectivity index (χ4n) is 4.76. The Labute approximate surface area is 205 Å². The molecule has 34 heavy (non-hydrogen) atoms. The second-order valence-corrected chi connectivity index (χ2v) is 10.9. The third kappa shape index (κ3) is 4.48. The lowest BCUT2D eigenvalue weighted by molar-refractivity contribution is 0.322. The summed E-state index contributed by atoms with van der Waals surface area (Å²) < 4.78 is 33.2. The third-order valence-electron chi connectivity index (χ3n) is 6.65. The van der Waals surface area contributed by atoms with Crippen molar-refractivity contribution in [1.82, 2.24) is 9.71 Å². The number of aliphatic imine (C=N–C) groups is 1. The lowest BCUT2D eigenvalue weighted by Crippen LogP contribution is -2.44. The van der Waals surface area contributed by atoms with Crippen LogP contribution < -0.4 is 9.46 Å². The molecule has 0 saturated heterocycles. The van der Waals surface area contributed by atoms with Crippen LogP contribution in [0.4, 0.5) is 0 Å². The highest BCUT2D eigenvalue weighted by Gasteiger charge is 2.45. The van der Waals surface area contributed by atoms with Gasteiger partial charge in [0.15, 0.2) is 0 Å². The molecule has 2 aliphatic rings. The van der Waals surface area contributed by atoms with Crippen molar-refractivity contribution < 1.29 is 13.2 Å². The number of benzene rings is 2. The average Bonchev–Trinajstić information content (AvgIpc) is 2.83. The highest BCUT2D eigenvalue weighted by molar-refractivity contribution is 7.89. The number of rotatable bonds is 8. The number of halogens is 1. The summed E-state index contributed by atoms with van der Waals surface area (Å²) in [7, 11) is -3.61. The normalized spacial score (nSPS) is 16.8. The molecule has 0 spiro atoms. The molecule has 0 amide bonds. The van der Waals surface area contributed by atoms with E-state index in [1.54, 1.807) is 6.07 Å². The molecule has 1 N–H and O–H groups in total. The molecule has 8 heteroatoms. The second-order valence-electron chi connectivity index (χ2n) is 8.68. The molecule has 2 aromatic carbocycles. The van der Waals surface area contributed by atoms with E-state index in [1.165, 1.54) is 36.0 Å². The van der Waals surface area contributed by atoms with Gasteiger partial charge in [-0.05, 0) is 66.8 Å². The van der Waals surface area contributed by atoms with Crippen molar-refractivity contribution in [2.45, 2.75) is 36.0 Å². The summed E-state index contributed by atoms with van der Waals surface area (Å²) in [5.74, 6) is 0.708. The molecule has 5 rings (SSSR count). The zero-order valence-corrected chi connectivity index (χ0v) is 20.3.